The second kappa shape index (κ2) is 10.7. The number of rotatable bonds is 11. The molecule has 1 unspecified atom stereocenters. The van der Waals surface area contributed by atoms with Gasteiger partial charge in [-0.1, -0.05) is 39.2 Å². The predicted octanol–water partition coefficient (Wildman–Crippen LogP) is 3.86. The molecule has 1 aromatic carbocycles. The van der Waals surface area contributed by atoms with Crippen LogP contribution in [-0.4, -0.2) is 27.4 Å². The molecule has 5 nitrogen and oxygen atoms in total. The summed E-state index contributed by atoms with van der Waals surface area (Å²) in [5.41, 5.74) is 0.312. The Morgan fingerprint density at radius 1 is 1.36 bits per heavy atom. The molecule has 0 bridgehead atoms. The van der Waals surface area contributed by atoms with E-state index in [9.17, 15) is 13.2 Å². The molecule has 0 radical (unpaired) electrons. The number of hydrogen-bond acceptors (Lipinski definition) is 3. The van der Waals surface area contributed by atoms with E-state index in [2.05, 4.69) is 46.4 Å². The predicted molar refractivity (Wildman–Crippen MR) is 105 cm³/mol. The van der Waals surface area contributed by atoms with E-state index in [1.54, 1.807) is 6.07 Å². The van der Waals surface area contributed by atoms with E-state index in [-0.39, 0.29) is 17.3 Å². The Kier molecular flexibility index (Phi) is 9.38. The molecule has 0 saturated heterocycles. The Labute approximate surface area is 159 Å². The van der Waals surface area contributed by atoms with E-state index in [1.165, 1.54) is 18.2 Å². The summed E-state index contributed by atoms with van der Waals surface area (Å²) < 4.78 is 27.4. The van der Waals surface area contributed by atoms with Gasteiger partial charge < -0.3 is 5.32 Å². The average molecular weight is 431 g/mol. The van der Waals surface area contributed by atoms with Crippen molar-refractivity contribution in [2.24, 2.45) is 5.92 Å². The first-order chi connectivity index (χ1) is 11.9. The molecule has 1 atom stereocenters. The van der Waals surface area contributed by atoms with Crippen molar-refractivity contribution in [2.75, 3.05) is 13.1 Å². The smallest absolute Gasteiger partial charge is 0.252 e. The third kappa shape index (κ3) is 6.92. The molecule has 0 fully saturated rings. The number of amides is 1. The summed E-state index contributed by atoms with van der Waals surface area (Å²) >= 11 is 3.32. The molecule has 0 heterocycles. The first-order valence-electron chi connectivity index (χ1n) is 8.54. The lowest BCUT2D eigenvalue weighted by Crippen LogP contribution is -2.30. The summed E-state index contributed by atoms with van der Waals surface area (Å²) in [5.74, 6) is 0.159. The van der Waals surface area contributed by atoms with Gasteiger partial charge in [0, 0.05) is 17.6 Å². The van der Waals surface area contributed by atoms with Gasteiger partial charge in [0.25, 0.3) is 5.91 Å². The van der Waals surface area contributed by atoms with Crippen molar-refractivity contribution < 1.29 is 13.2 Å². The normalized spacial score (nSPS) is 12.6. The summed E-state index contributed by atoms with van der Waals surface area (Å²) in [7, 11) is -3.67. The molecule has 0 aliphatic heterocycles. The van der Waals surface area contributed by atoms with Crippen molar-refractivity contribution in [1.29, 1.82) is 0 Å². The minimum Gasteiger partial charge on any atom is -0.352 e. The van der Waals surface area contributed by atoms with Gasteiger partial charge in [0.1, 0.15) is 0 Å². The maximum absolute atomic E-state index is 12.5. The van der Waals surface area contributed by atoms with E-state index < -0.39 is 10.0 Å². The SMILES string of the molecule is C=CCNS(=O)(=O)c1ccc(Br)c(C(=O)NCC(CC)CCCC)c1. The fourth-order valence-corrected chi connectivity index (χ4v) is 3.82. The highest BCUT2D eigenvalue weighted by atomic mass is 79.9. The summed E-state index contributed by atoms with van der Waals surface area (Å²) in [6, 6.07) is 4.42. The first-order valence-corrected chi connectivity index (χ1v) is 10.8. The van der Waals surface area contributed by atoms with Crippen molar-refractivity contribution in [3.63, 3.8) is 0 Å². The molecule has 1 amide bonds. The zero-order chi connectivity index (χ0) is 18.9. The molecular formula is C18H27BrN2O3S. The van der Waals surface area contributed by atoms with E-state index >= 15 is 0 Å². The van der Waals surface area contributed by atoms with Gasteiger partial charge in [0.2, 0.25) is 10.0 Å². The largest absolute Gasteiger partial charge is 0.352 e. The van der Waals surface area contributed by atoms with Gasteiger partial charge in [-0.15, -0.1) is 6.58 Å². The maximum atomic E-state index is 12.5. The van der Waals surface area contributed by atoms with Crippen molar-refractivity contribution in [1.82, 2.24) is 10.0 Å². The number of unbranched alkanes of at least 4 members (excludes halogenated alkanes) is 1. The molecule has 1 rings (SSSR count). The number of nitrogens with one attached hydrogen (secondary N) is 2. The highest BCUT2D eigenvalue weighted by Gasteiger charge is 2.18. The average Bonchev–Trinajstić information content (AvgIpc) is 2.60. The van der Waals surface area contributed by atoms with Crippen LogP contribution in [0.4, 0.5) is 0 Å². The number of hydrogen-bond donors (Lipinski definition) is 2. The van der Waals surface area contributed by atoms with Crippen LogP contribution in [0, 0.1) is 5.92 Å². The van der Waals surface area contributed by atoms with Gasteiger partial charge in [0.05, 0.1) is 10.5 Å². The fraction of sp³-hybridized carbons (Fsp3) is 0.500. The maximum Gasteiger partial charge on any atom is 0.252 e. The summed E-state index contributed by atoms with van der Waals surface area (Å²) in [6.45, 7) is 8.47. The van der Waals surface area contributed by atoms with E-state index in [1.807, 2.05) is 0 Å². The Bertz CT molecular complexity index is 690. The van der Waals surface area contributed by atoms with Gasteiger partial charge in [0.15, 0.2) is 0 Å². The Hall–Kier alpha value is -1.18. The number of carbonyl (C=O) groups is 1. The van der Waals surface area contributed by atoms with Crippen LogP contribution in [0.3, 0.4) is 0 Å². The van der Waals surface area contributed by atoms with E-state index in [0.29, 0.717) is 22.5 Å². The second-order valence-electron chi connectivity index (χ2n) is 5.91. The first kappa shape index (κ1) is 21.9. The van der Waals surface area contributed by atoms with Crippen LogP contribution in [0.5, 0.6) is 0 Å². The minimum absolute atomic E-state index is 0.0562. The topological polar surface area (TPSA) is 75.3 Å². The molecule has 0 spiro atoms. The van der Waals surface area contributed by atoms with Crippen LogP contribution in [0.2, 0.25) is 0 Å². The van der Waals surface area contributed by atoms with Crippen LogP contribution >= 0.6 is 15.9 Å². The van der Waals surface area contributed by atoms with Crippen LogP contribution in [0.15, 0.2) is 40.2 Å². The van der Waals surface area contributed by atoms with Gasteiger partial charge in [-0.25, -0.2) is 13.1 Å². The highest BCUT2D eigenvalue weighted by Crippen LogP contribution is 2.21. The second-order valence-corrected chi connectivity index (χ2v) is 8.53. The van der Waals surface area contributed by atoms with Crippen molar-refractivity contribution in [3.05, 3.63) is 40.9 Å². The third-order valence-corrected chi connectivity index (χ3v) is 6.12. The number of carbonyl (C=O) groups excluding carboxylic acids is 1. The molecule has 0 saturated carbocycles. The molecule has 1 aromatic rings. The molecule has 0 aromatic heterocycles. The zero-order valence-corrected chi connectivity index (χ0v) is 17.2. The highest BCUT2D eigenvalue weighted by molar-refractivity contribution is 9.10. The van der Waals surface area contributed by atoms with Gasteiger partial charge in [-0.2, -0.15) is 0 Å². The van der Waals surface area contributed by atoms with E-state index in [0.717, 1.165) is 25.7 Å². The molecule has 0 aliphatic rings. The van der Waals surface area contributed by atoms with Gasteiger partial charge >= 0.3 is 0 Å². The van der Waals surface area contributed by atoms with Crippen LogP contribution in [-0.2, 0) is 10.0 Å². The zero-order valence-electron chi connectivity index (χ0n) is 14.8. The third-order valence-electron chi connectivity index (χ3n) is 4.01. The van der Waals surface area contributed by atoms with Crippen molar-refractivity contribution in [3.8, 4) is 0 Å². The molecule has 140 valence electrons. The van der Waals surface area contributed by atoms with Gasteiger partial charge in [-0.05, 0) is 46.5 Å². The van der Waals surface area contributed by atoms with Crippen LogP contribution in [0.1, 0.15) is 49.9 Å². The standard InChI is InChI=1S/C18H27BrN2O3S/c1-4-7-8-14(6-3)13-20-18(22)16-12-15(9-10-17(16)19)25(23,24)21-11-5-2/h5,9-10,12,14,21H,2,4,6-8,11,13H2,1,3H3,(H,20,22). The Morgan fingerprint density at radius 2 is 2.08 bits per heavy atom. The fourth-order valence-electron chi connectivity index (χ4n) is 2.37. The summed E-state index contributed by atoms with van der Waals surface area (Å²) in [6.07, 6.45) is 5.81. The van der Waals surface area contributed by atoms with Crippen LogP contribution < -0.4 is 10.0 Å². The molecule has 0 aliphatic carbocycles. The molecule has 2 N–H and O–H groups in total. The Morgan fingerprint density at radius 3 is 2.68 bits per heavy atom. The summed E-state index contributed by atoms with van der Waals surface area (Å²) in [5, 5.41) is 2.92. The van der Waals surface area contributed by atoms with Crippen molar-refractivity contribution >= 4 is 31.9 Å². The van der Waals surface area contributed by atoms with Crippen molar-refractivity contribution in [2.45, 2.75) is 44.4 Å². The van der Waals surface area contributed by atoms with Gasteiger partial charge in [-0.3, -0.25) is 4.79 Å². The Balaban J connectivity index is 2.88. The molecule has 25 heavy (non-hydrogen) atoms. The quantitative estimate of drug-likeness (QED) is 0.523. The monoisotopic (exact) mass is 430 g/mol. The van der Waals surface area contributed by atoms with E-state index in [4.69, 9.17) is 0 Å². The number of benzene rings is 1. The minimum atomic E-state index is -3.67. The lowest BCUT2D eigenvalue weighted by molar-refractivity contribution is 0.0945. The molecular weight excluding hydrogens is 404 g/mol. The summed E-state index contributed by atoms with van der Waals surface area (Å²) in [4.78, 5) is 12.5. The number of sulfonamides is 1. The lowest BCUT2D eigenvalue weighted by atomic mass is 9.99. The lowest BCUT2D eigenvalue weighted by Gasteiger charge is -2.16. The van der Waals surface area contributed by atoms with Crippen LogP contribution in [0.25, 0.3) is 0 Å². The number of halogens is 1. The molecule has 7 heteroatoms.